The van der Waals surface area contributed by atoms with E-state index in [4.69, 9.17) is 4.74 Å². The molecule has 1 fully saturated rings. The Morgan fingerprint density at radius 1 is 1.29 bits per heavy atom. The zero-order valence-corrected chi connectivity index (χ0v) is 9.88. The van der Waals surface area contributed by atoms with Crippen molar-refractivity contribution in [2.45, 2.75) is 37.8 Å². The largest absolute Gasteiger partial charge is 0.381 e. The van der Waals surface area contributed by atoms with Gasteiger partial charge < -0.3 is 10.1 Å². The van der Waals surface area contributed by atoms with E-state index in [1.54, 1.807) is 7.11 Å². The zero-order chi connectivity index (χ0) is 12.3. The van der Waals surface area contributed by atoms with E-state index < -0.39 is 11.6 Å². The predicted molar refractivity (Wildman–Crippen MR) is 63.0 cm³/mol. The molecule has 1 N–H and O–H groups in total. The summed E-state index contributed by atoms with van der Waals surface area (Å²) in [5.41, 5.74) is 0.369. The highest BCUT2D eigenvalue weighted by atomic mass is 19.1. The van der Waals surface area contributed by atoms with Crippen LogP contribution in [0.4, 0.5) is 14.5 Å². The molecule has 0 bridgehead atoms. The van der Waals surface area contributed by atoms with Crippen LogP contribution in [0, 0.1) is 11.6 Å². The molecule has 0 aromatic heterocycles. The molecule has 2 nitrogen and oxygen atoms in total. The van der Waals surface area contributed by atoms with Crippen LogP contribution in [-0.2, 0) is 4.74 Å². The Labute approximate surface area is 100.0 Å². The maximum Gasteiger partial charge on any atom is 0.149 e. The first-order chi connectivity index (χ1) is 8.19. The first kappa shape index (κ1) is 12.3. The van der Waals surface area contributed by atoms with Crippen LogP contribution in [0.25, 0.3) is 0 Å². The summed E-state index contributed by atoms with van der Waals surface area (Å²) in [6.45, 7) is 0. The van der Waals surface area contributed by atoms with Gasteiger partial charge in [-0.3, -0.25) is 0 Å². The van der Waals surface area contributed by atoms with Crippen LogP contribution in [0.3, 0.4) is 0 Å². The Bertz CT molecular complexity index is 384. The van der Waals surface area contributed by atoms with Crippen molar-refractivity contribution in [2.24, 2.45) is 0 Å². The summed E-state index contributed by atoms with van der Waals surface area (Å²) in [5.74, 6) is -1.09. The lowest BCUT2D eigenvalue weighted by Gasteiger charge is -2.29. The fourth-order valence-corrected chi connectivity index (χ4v) is 2.32. The third-order valence-corrected chi connectivity index (χ3v) is 3.25. The second-order valence-corrected chi connectivity index (χ2v) is 4.49. The highest BCUT2D eigenvalue weighted by Crippen LogP contribution is 2.25. The van der Waals surface area contributed by atoms with Gasteiger partial charge in [-0.05, 0) is 37.8 Å². The molecule has 1 aromatic carbocycles. The molecule has 1 aliphatic carbocycles. The van der Waals surface area contributed by atoms with Crippen molar-refractivity contribution in [3.63, 3.8) is 0 Å². The minimum absolute atomic E-state index is 0.202. The Morgan fingerprint density at radius 3 is 2.82 bits per heavy atom. The maximum absolute atomic E-state index is 13.5. The van der Waals surface area contributed by atoms with Gasteiger partial charge in [0.1, 0.15) is 11.6 Å². The Morgan fingerprint density at radius 2 is 2.12 bits per heavy atom. The van der Waals surface area contributed by atoms with Crippen LogP contribution in [0.1, 0.15) is 25.7 Å². The van der Waals surface area contributed by atoms with Crippen molar-refractivity contribution in [2.75, 3.05) is 12.4 Å². The van der Waals surface area contributed by atoms with Crippen molar-refractivity contribution >= 4 is 5.69 Å². The van der Waals surface area contributed by atoms with E-state index in [0.29, 0.717) is 5.69 Å². The van der Waals surface area contributed by atoms with E-state index >= 15 is 0 Å². The number of benzene rings is 1. The highest BCUT2D eigenvalue weighted by Gasteiger charge is 2.22. The lowest BCUT2D eigenvalue weighted by molar-refractivity contribution is 0.0669. The second-order valence-electron chi connectivity index (χ2n) is 4.49. The molecule has 2 rings (SSSR count). The monoisotopic (exact) mass is 241 g/mol. The number of hydrogen-bond donors (Lipinski definition) is 1. The van der Waals surface area contributed by atoms with Gasteiger partial charge in [0.15, 0.2) is 0 Å². The van der Waals surface area contributed by atoms with Crippen molar-refractivity contribution in [1.29, 1.82) is 0 Å². The molecule has 0 spiro atoms. The fourth-order valence-electron chi connectivity index (χ4n) is 2.32. The molecular formula is C13H17F2NO. The second kappa shape index (κ2) is 5.45. The Kier molecular flexibility index (Phi) is 3.94. The smallest absolute Gasteiger partial charge is 0.149 e. The highest BCUT2D eigenvalue weighted by molar-refractivity contribution is 5.45. The van der Waals surface area contributed by atoms with Gasteiger partial charge in [0.2, 0.25) is 0 Å². The van der Waals surface area contributed by atoms with E-state index in [2.05, 4.69) is 5.32 Å². The minimum atomic E-state index is -0.550. The third-order valence-electron chi connectivity index (χ3n) is 3.25. The molecule has 1 saturated carbocycles. The molecule has 1 aliphatic rings. The lowest BCUT2D eigenvalue weighted by atomic mass is 9.92. The number of nitrogens with one attached hydrogen (secondary N) is 1. The van der Waals surface area contributed by atoms with Crippen LogP contribution >= 0.6 is 0 Å². The van der Waals surface area contributed by atoms with E-state index in [0.717, 1.165) is 31.7 Å². The van der Waals surface area contributed by atoms with Gasteiger partial charge in [-0.15, -0.1) is 0 Å². The van der Waals surface area contributed by atoms with Crippen LogP contribution in [0.5, 0.6) is 0 Å². The third kappa shape index (κ3) is 3.16. The SMILES string of the molecule is COC1CCCC(Nc2ccc(F)cc2F)C1. The van der Waals surface area contributed by atoms with Crippen molar-refractivity contribution in [1.82, 2.24) is 0 Å². The summed E-state index contributed by atoms with van der Waals surface area (Å²) in [7, 11) is 1.70. The van der Waals surface area contributed by atoms with Gasteiger partial charge in [-0.1, -0.05) is 0 Å². The average molecular weight is 241 g/mol. The van der Waals surface area contributed by atoms with Crippen molar-refractivity contribution in [3.05, 3.63) is 29.8 Å². The molecule has 2 unspecified atom stereocenters. The zero-order valence-electron chi connectivity index (χ0n) is 9.88. The standard InChI is InChI=1S/C13H17F2NO/c1-17-11-4-2-3-10(8-11)16-13-6-5-9(14)7-12(13)15/h5-7,10-11,16H,2-4,8H2,1H3. The Hall–Kier alpha value is -1.16. The summed E-state index contributed by atoms with van der Waals surface area (Å²) >= 11 is 0. The number of methoxy groups -OCH3 is 1. The van der Waals surface area contributed by atoms with Gasteiger partial charge in [-0.25, -0.2) is 8.78 Å². The maximum atomic E-state index is 13.5. The molecule has 94 valence electrons. The van der Waals surface area contributed by atoms with Gasteiger partial charge in [0.05, 0.1) is 11.8 Å². The normalized spacial score (nSPS) is 24.6. The molecule has 4 heteroatoms. The summed E-state index contributed by atoms with van der Waals surface area (Å²) < 4.78 is 31.5. The van der Waals surface area contributed by atoms with Crippen LogP contribution in [0.15, 0.2) is 18.2 Å². The lowest BCUT2D eigenvalue weighted by Crippen LogP contribution is -2.31. The average Bonchev–Trinajstić information content (AvgIpc) is 2.33. The summed E-state index contributed by atoms with van der Waals surface area (Å²) in [4.78, 5) is 0. The van der Waals surface area contributed by atoms with Crippen LogP contribution in [-0.4, -0.2) is 19.3 Å². The molecule has 0 aliphatic heterocycles. The predicted octanol–water partition coefficient (Wildman–Crippen LogP) is 3.33. The molecule has 0 radical (unpaired) electrons. The van der Waals surface area contributed by atoms with Gasteiger partial charge in [0.25, 0.3) is 0 Å². The van der Waals surface area contributed by atoms with Crippen LogP contribution < -0.4 is 5.32 Å². The molecule has 0 heterocycles. The molecule has 2 atom stereocenters. The van der Waals surface area contributed by atoms with E-state index in [-0.39, 0.29) is 12.1 Å². The molecule has 0 saturated heterocycles. The van der Waals surface area contributed by atoms with Crippen molar-refractivity contribution < 1.29 is 13.5 Å². The molecule has 17 heavy (non-hydrogen) atoms. The summed E-state index contributed by atoms with van der Waals surface area (Å²) in [5, 5.41) is 3.12. The summed E-state index contributed by atoms with van der Waals surface area (Å²) in [6, 6.07) is 3.82. The van der Waals surface area contributed by atoms with Gasteiger partial charge in [0, 0.05) is 19.2 Å². The Balaban J connectivity index is 2.00. The fraction of sp³-hybridized carbons (Fsp3) is 0.538. The number of halogens is 2. The molecular weight excluding hydrogens is 224 g/mol. The first-order valence-electron chi connectivity index (χ1n) is 5.93. The van der Waals surface area contributed by atoms with Gasteiger partial charge >= 0.3 is 0 Å². The number of anilines is 1. The number of hydrogen-bond acceptors (Lipinski definition) is 2. The van der Waals surface area contributed by atoms with Crippen molar-refractivity contribution in [3.8, 4) is 0 Å². The number of ether oxygens (including phenoxy) is 1. The van der Waals surface area contributed by atoms with Crippen LogP contribution in [0.2, 0.25) is 0 Å². The number of rotatable bonds is 3. The van der Waals surface area contributed by atoms with E-state index in [1.807, 2.05) is 0 Å². The molecule has 0 amide bonds. The van der Waals surface area contributed by atoms with E-state index in [1.165, 1.54) is 12.1 Å². The molecule has 1 aromatic rings. The van der Waals surface area contributed by atoms with E-state index in [9.17, 15) is 8.78 Å². The van der Waals surface area contributed by atoms with Gasteiger partial charge in [-0.2, -0.15) is 0 Å². The first-order valence-corrected chi connectivity index (χ1v) is 5.93. The topological polar surface area (TPSA) is 21.3 Å². The quantitative estimate of drug-likeness (QED) is 0.876. The summed E-state index contributed by atoms with van der Waals surface area (Å²) in [6.07, 6.45) is 4.23. The minimum Gasteiger partial charge on any atom is -0.381 e.